The van der Waals surface area contributed by atoms with Gasteiger partial charge < -0.3 is 9.47 Å². The van der Waals surface area contributed by atoms with Crippen molar-refractivity contribution in [3.8, 4) is 0 Å². The number of carbonyl (C=O) groups is 2. The van der Waals surface area contributed by atoms with Gasteiger partial charge in [0.25, 0.3) is 0 Å². The molecular formula is C11H15N3O4. The molecule has 1 aromatic heterocycles. The molecule has 0 aliphatic carbocycles. The van der Waals surface area contributed by atoms with Gasteiger partial charge in [0.2, 0.25) is 0 Å². The van der Waals surface area contributed by atoms with Gasteiger partial charge in [0.1, 0.15) is 11.6 Å². The first-order valence-electron chi connectivity index (χ1n) is 5.50. The Balaban J connectivity index is 2.61. The number of nitrogens with zero attached hydrogens (tertiary/aromatic N) is 1. The van der Waals surface area contributed by atoms with E-state index in [4.69, 9.17) is 9.47 Å². The van der Waals surface area contributed by atoms with Gasteiger partial charge in [-0.3, -0.25) is 10.6 Å². The van der Waals surface area contributed by atoms with Gasteiger partial charge in [-0.05, 0) is 26.0 Å². The largest absolute Gasteiger partial charge is 0.450 e. The van der Waals surface area contributed by atoms with E-state index in [9.17, 15) is 9.59 Å². The van der Waals surface area contributed by atoms with Gasteiger partial charge in [-0.1, -0.05) is 6.07 Å². The van der Waals surface area contributed by atoms with Gasteiger partial charge >= 0.3 is 12.2 Å². The summed E-state index contributed by atoms with van der Waals surface area (Å²) in [6.45, 7) is 3.94. The molecule has 1 rings (SSSR count). The summed E-state index contributed by atoms with van der Waals surface area (Å²) in [5.41, 5.74) is 0. The molecule has 0 radical (unpaired) electrons. The summed E-state index contributed by atoms with van der Waals surface area (Å²) < 4.78 is 9.41. The SMILES string of the molecule is CCOC(=O)Nc1cccc(NC(=O)OCC)n1. The first-order valence-corrected chi connectivity index (χ1v) is 5.50. The fourth-order valence-electron chi connectivity index (χ4n) is 1.12. The van der Waals surface area contributed by atoms with Crippen LogP contribution in [0.15, 0.2) is 18.2 Å². The maximum Gasteiger partial charge on any atom is 0.412 e. The third-order valence-corrected chi connectivity index (χ3v) is 1.76. The van der Waals surface area contributed by atoms with Crippen LogP contribution in [-0.2, 0) is 9.47 Å². The molecule has 7 heteroatoms. The zero-order valence-electron chi connectivity index (χ0n) is 10.2. The second-order valence-electron chi connectivity index (χ2n) is 3.10. The molecule has 7 nitrogen and oxygen atoms in total. The molecule has 2 N–H and O–H groups in total. The number of hydrogen-bond acceptors (Lipinski definition) is 5. The van der Waals surface area contributed by atoms with Gasteiger partial charge in [-0.25, -0.2) is 14.6 Å². The van der Waals surface area contributed by atoms with Crippen molar-refractivity contribution in [3.63, 3.8) is 0 Å². The van der Waals surface area contributed by atoms with Crippen LogP contribution in [0.1, 0.15) is 13.8 Å². The zero-order valence-corrected chi connectivity index (χ0v) is 10.2. The lowest BCUT2D eigenvalue weighted by Crippen LogP contribution is -2.17. The lowest BCUT2D eigenvalue weighted by atomic mass is 10.4. The van der Waals surface area contributed by atoms with Crippen LogP contribution in [0.5, 0.6) is 0 Å². The highest BCUT2D eigenvalue weighted by Gasteiger charge is 2.06. The van der Waals surface area contributed by atoms with Crippen LogP contribution in [0.25, 0.3) is 0 Å². The topological polar surface area (TPSA) is 89.6 Å². The summed E-state index contributed by atoms with van der Waals surface area (Å²) in [5, 5.41) is 4.85. The smallest absolute Gasteiger partial charge is 0.412 e. The number of nitrogens with one attached hydrogen (secondary N) is 2. The number of carbonyl (C=O) groups excluding carboxylic acids is 2. The summed E-state index contributed by atoms with van der Waals surface area (Å²) in [7, 11) is 0. The maximum absolute atomic E-state index is 11.2. The summed E-state index contributed by atoms with van der Waals surface area (Å²) in [6, 6.07) is 4.79. The van der Waals surface area contributed by atoms with E-state index >= 15 is 0 Å². The van der Waals surface area contributed by atoms with Gasteiger partial charge in [0, 0.05) is 0 Å². The molecule has 2 amide bonds. The number of pyridine rings is 1. The first kappa shape index (κ1) is 13.8. The lowest BCUT2D eigenvalue weighted by molar-refractivity contribution is 0.167. The molecule has 1 heterocycles. The number of amides is 2. The molecule has 0 fully saturated rings. The summed E-state index contributed by atoms with van der Waals surface area (Å²) >= 11 is 0. The van der Waals surface area contributed by atoms with Crippen LogP contribution in [0.2, 0.25) is 0 Å². The highest BCUT2D eigenvalue weighted by molar-refractivity contribution is 5.85. The van der Waals surface area contributed by atoms with E-state index in [1.54, 1.807) is 32.0 Å². The van der Waals surface area contributed by atoms with Crippen molar-refractivity contribution in [2.75, 3.05) is 23.8 Å². The van der Waals surface area contributed by atoms with E-state index < -0.39 is 12.2 Å². The molecule has 1 aromatic rings. The minimum Gasteiger partial charge on any atom is -0.450 e. The van der Waals surface area contributed by atoms with Gasteiger partial charge in [0.05, 0.1) is 13.2 Å². The molecule has 0 unspecified atom stereocenters. The molecule has 98 valence electrons. The highest BCUT2D eigenvalue weighted by atomic mass is 16.6. The molecule has 0 bridgehead atoms. The summed E-state index contributed by atoms with van der Waals surface area (Å²) in [4.78, 5) is 26.3. The second kappa shape index (κ2) is 7.10. The summed E-state index contributed by atoms with van der Waals surface area (Å²) in [5.74, 6) is 0.561. The number of hydrogen-bond donors (Lipinski definition) is 2. The second-order valence-corrected chi connectivity index (χ2v) is 3.10. The molecule has 18 heavy (non-hydrogen) atoms. The average molecular weight is 253 g/mol. The number of anilines is 2. The van der Waals surface area contributed by atoms with Gasteiger partial charge in [-0.2, -0.15) is 0 Å². The average Bonchev–Trinajstić information content (AvgIpc) is 2.29. The van der Waals surface area contributed by atoms with Crippen molar-refractivity contribution in [2.45, 2.75) is 13.8 Å². The van der Waals surface area contributed by atoms with Crippen molar-refractivity contribution in [2.24, 2.45) is 0 Å². The van der Waals surface area contributed by atoms with E-state index in [1.165, 1.54) is 0 Å². The minimum absolute atomic E-state index is 0.270. The predicted octanol–water partition coefficient (Wildman–Crippen LogP) is 2.22. The van der Waals surface area contributed by atoms with E-state index in [0.29, 0.717) is 0 Å². The molecule has 0 aromatic carbocycles. The predicted molar refractivity (Wildman–Crippen MR) is 65.5 cm³/mol. The van der Waals surface area contributed by atoms with Crippen LogP contribution in [0, 0.1) is 0 Å². The molecule has 0 saturated heterocycles. The van der Waals surface area contributed by atoms with Crippen molar-refractivity contribution >= 4 is 23.8 Å². The van der Waals surface area contributed by atoms with Crippen LogP contribution < -0.4 is 10.6 Å². The Kier molecular flexibility index (Phi) is 5.43. The van der Waals surface area contributed by atoms with E-state index in [-0.39, 0.29) is 24.8 Å². The first-order chi connectivity index (χ1) is 8.65. The third-order valence-electron chi connectivity index (χ3n) is 1.76. The van der Waals surface area contributed by atoms with E-state index in [2.05, 4.69) is 15.6 Å². The molecule has 0 saturated carbocycles. The van der Waals surface area contributed by atoms with Gasteiger partial charge in [-0.15, -0.1) is 0 Å². The standard InChI is InChI=1S/C11H15N3O4/c1-3-17-10(15)13-8-6-5-7-9(12-8)14-11(16)18-4-2/h5-7H,3-4H2,1-2H3,(H2,12,13,14,15,16). The highest BCUT2D eigenvalue weighted by Crippen LogP contribution is 2.09. The zero-order chi connectivity index (χ0) is 13.4. The fraction of sp³-hybridized carbons (Fsp3) is 0.364. The fourth-order valence-corrected chi connectivity index (χ4v) is 1.12. The van der Waals surface area contributed by atoms with Gasteiger partial charge in [0.15, 0.2) is 0 Å². The number of aromatic nitrogens is 1. The Labute approximate surface area is 104 Å². The number of rotatable bonds is 4. The summed E-state index contributed by atoms with van der Waals surface area (Å²) in [6.07, 6.45) is -1.20. The lowest BCUT2D eigenvalue weighted by Gasteiger charge is -2.07. The van der Waals surface area contributed by atoms with E-state index in [1.807, 2.05) is 0 Å². The van der Waals surface area contributed by atoms with Crippen molar-refractivity contribution in [1.29, 1.82) is 0 Å². The Morgan fingerprint density at radius 2 is 1.50 bits per heavy atom. The van der Waals surface area contributed by atoms with Crippen molar-refractivity contribution in [3.05, 3.63) is 18.2 Å². The quantitative estimate of drug-likeness (QED) is 0.858. The Hall–Kier alpha value is -2.31. The molecule has 0 aliphatic heterocycles. The normalized spacial score (nSPS) is 9.44. The monoisotopic (exact) mass is 253 g/mol. The number of ether oxygens (including phenoxy) is 2. The maximum atomic E-state index is 11.2. The third kappa shape index (κ3) is 4.69. The van der Waals surface area contributed by atoms with Crippen LogP contribution in [0.3, 0.4) is 0 Å². The van der Waals surface area contributed by atoms with Crippen LogP contribution in [0.4, 0.5) is 21.2 Å². The molecule has 0 atom stereocenters. The van der Waals surface area contributed by atoms with Crippen molar-refractivity contribution < 1.29 is 19.1 Å². The molecule has 0 aliphatic rings. The Bertz CT molecular complexity index is 387. The van der Waals surface area contributed by atoms with Crippen LogP contribution in [-0.4, -0.2) is 30.4 Å². The minimum atomic E-state index is -0.599. The Morgan fingerprint density at radius 1 is 1.06 bits per heavy atom. The molecule has 0 spiro atoms. The van der Waals surface area contributed by atoms with Crippen LogP contribution >= 0.6 is 0 Å². The Morgan fingerprint density at radius 3 is 1.89 bits per heavy atom. The van der Waals surface area contributed by atoms with Crippen molar-refractivity contribution in [1.82, 2.24) is 4.98 Å². The van der Waals surface area contributed by atoms with E-state index in [0.717, 1.165) is 0 Å². The molecular weight excluding hydrogens is 238 g/mol.